The summed E-state index contributed by atoms with van der Waals surface area (Å²) in [4.78, 5) is 0. The summed E-state index contributed by atoms with van der Waals surface area (Å²) in [5.41, 5.74) is -1.18. The zero-order valence-corrected chi connectivity index (χ0v) is 9.90. The molecule has 0 bridgehead atoms. The molecule has 17 heavy (non-hydrogen) atoms. The molecule has 0 saturated carbocycles. The third kappa shape index (κ3) is 3.43. The Labute approximate surface area is 97.8 Å². The lowest BCUT2D eigenvalue weighted by atomic mass is 10.0. The van der Waals surface area contributed by atoms with Crippen molar-refractivity contribution >= 4 is 0 Å². The molecule has 0 aliphatic carbocycles. The van der Waals surface area contributed by atoms with Crippen molar-refractivity contribution < 1.29 is 17.6 Å². The summed E-state index contributed by atoms with van der Waals surface area (Å²) in [6.07, 6.45) is -4.66. The fourth-order valence-electron chi connectivity index (χ4n) is 1.69. The molecule has 0 saturated heterocycles. The van der Waals surface area contributed by atoms with Gasteiger partial charge < -0.3 is 5.32 Å². The van der Waals surface area contributed by atoms with Crippen LogP contribution in [0, 0.1) is 5.82 Å². The van der Waals surface area contributed by atoms with Crippen molar-refractivity contribution in [3.63, 3.8) is 0 Å². The molecule has 0 unspecified atom stereocenters. The highest BCUT2D eigenvalue weighted by Crippen LogP contribution is 2.33. The smallest absolute Gasteiger partial charge is 0.308 e. The minimum Gasteiger partial charge on any atom is -0.308 e. The Hall–Kier alpha value is -1.10. The van der Waals surface area contributed by atoms with E-state index in [0.717, 1.165) is 6.07 Å². The molecule has 1 nitrogen and oxygen atoms in total. The van der Waals surface area contributed by atoms with E-state index in [2.05, 4.69) is 5.32 Å². The molecule has 1 atom stereocenters. The molecule has 1 aromatic rings. The van der Waals surface area contributed by atoms with E-state index in [9.17, 15) is 17.6 Å². The number of hydrogen-bond acceptors (Lipinski definition) is 1. The number of halogens is 4. The van der Waals surface area contributed by atoms with Gasteiger partial charge in [0.05, 0.1) is 5.56 Å². The average molecular weight is 249 g/mol. The van der Waals surface area contributed by atoms with Crippen LogP contribution in [0.3, 0.4) is 0 Å². The second-order valence-corrected chi connectivity index (χ2v) is 4.25. The number of alkyl halides is 3. The van der Waals surface area contributed by atoms with E-state index in [-0.39, 0.29) is 11.6 Å². The van der Waals surface area contributed by atoms with Gasteiger partial charge in [0.15, 0.2) is 0 Å². The molecule has 0 aromatic heterocycles. The first-order valence-corrected chi connectivity index (χ1v) is 5.35. The highest BCUT2D eigenvalue weighted by molar-refractivity contribution is 5.30. The molecule has 0 aliphatic heterocycles. The van der Waals surface area contributed by atoms with Crippen molar-refractivity contribution in [1.29, 1.82) is 0 Å². The molecule has 1 rings (SSSR count). The molecule has 1 aromatic carbocycles. The van der Waals surface area contributed by atoms with Gasteiger partial charge in [-0.05, 0) is 13.0 Å². The predicted molar refractivity (Wildman–Crippen MR) is 58.1 cm³/mol. The van der Waals surface area contributed by atoms with Crippen LogP contribution >= 0.6 is 0 Å². The Balaban J connectivity index is 3.10. The van der Waals surface area contributed by atoms with Gasteiger partial charge in [-0.25, -0.2) is 4.39 Å². The van der Waals surface area contributed by atoms with Gasteiger partial charge in [-0.3, -0.25) is 0 Å². The van der Waals surface area contributed by atoms with Gasteiger partial charge in [0.25, 0.3) is 0 Å². The molecule has 0 fully saturated rings. The van der Waals surface area contributed by atoms with Gasteiger partial charge >= 0.3 is 6.18 Å². The van der Waals surface area contributed by atoms with Crippen LogP contribution in [0.4, 0.5) is 17.6 Å². The largest absolute Gasteiger partial charge is 0.419 e. The molecule has 0 spiro atoms. The Bertz CT molecular complexity index is 385. The number of hydrogen-bond donors (Lipinski definition) is 1. The van der Waals surface area contributed by atoms with Crippen molar-refractivity contribution in [1.82, 2.24) is 5.32 Å². The van der Waals surface area contributed by atoms with Crippen molar-refractivity contribution in [2.75, 3.05) is 0 Å². The number of rotatable bonds is 3. The highest BCUT2D eigenvalue weighted by atomic mass is 19.4. The quantitative estimate of drug-likeness (QED) is 0.801. The fourth-order valence-corrected chi connectivity index (χ4v) is 1.69. The number of nitrogens with one attached hydrogen (secondary N) is 1. The topological polar surface area (TPSA) is 12.0 Å². The zero-order valence-electron chi connectivity index (χ0n) is 9.90. The molecule has 0 radical (unpaired) electrons. The van der Waals surface area contributed by atoms with E-state index >= 15 is 0 Å². The summed E-state index contributed by atoms with van der Waals surface area (Å²) in [5.74, 6) is -1.19. The molecule has 5 heteroatoms. The first kappa shape index (κ1) is 14.0. The summed E-state index contributed by atoms with van der Waals surface area (Å²) in [7, 11) is 0. The Morgan fingerprint density at radius 1 is 1.12 bits per heavy atom. The maximum atomic E-state index is 13.7. The summed E-state index contributed by atoms with van der Waals surface area (Å²) < 4.78 is 51.2. The van der Waals surface area contributed by atoms with Crippen LogP contribution in [0.25, 0.3) is 0 Å². The molecular formula is C12H15F4N. The summed E-state index contributed by atoms with van der Waals surface area (Å²) in [6, 6.07) is 2.95. The van der Waals surface area contributed by atoms with Crippen LogP contribution in [0.1, 0.15) is 37.9 Å². The van der Waals surface area contributed by atoms with E-state index in [4.69, 9.17) is 0 Å². The van der Waals surface area contributed by atoms with Gasteiger partial charge in [0.1, 0.15) is 5.82 Å². The molecule has 0 heterocycles. The van der Waals surface area contributed by atoms with Crippen LogP contribution in [0.2, 0.25) is 0 Å². The van der Waals surface area contributed by atoms with Crippen LogP contribution in [-0.2, 0) is 6.18 Å². The zero-order chi connectivity index (χ0) is 13.2. The third-order valence-electron chi connectivity index (χ3n) is 2.38. The summed E-state index contributed by atoms with van der Waals surface area (Å²) >= 11 is 0. The maximum absolute atomic E-state index is 13.7. The van der Waals surface area contributed by atoms with Crippen molar-refractivity contribution in [3.8, 4) is 0 Å². The molecule has 1 N–H and O–H groups in total. The Morgan fingerprint density at radius 2 is 1.71 bits per heavy atom. The predicted octanol–water partition coefficient (Wildman–Crippen LogP) is 3.90. The summed E-state index contributed by atoms with van der Waals surface area (Å²) in [5, 5.41) is 2.97. The summed E-state index contributed by atoms with van der Waals surface area (Å²) in [6.45, 7) is 5.34. The van der Waals surface area contributed by atoms with Crippen molar-refractivity contribution in [2.45, 2.75) is 39.0 Å². The Kier molecular flexibility index (Phi) is 4.14. The van der Waals surface area contributed by atoms with E-state index in [0.29, 0.717) is 0 Å². The lowest BCUT2D eigenvalue weighted by Crippen LogP contribution is -2.27. The van der Waals surface area contributed by atoms with Crippen LogP contribution < -0.4 is 5.32 Å². The molecule has 0 amide bonds. The molecule has 0 aliphatic rings. The van der Waals surface area contributed by atoms with Crippen molar-refractivity contribution in [2.24, 2.45) is 0 Å². The van der Waals surface area contributed by atoms with Crippen LogP contribution in [-0.4, -0.2) is 6.04 Å². The van der Waals surface area contributed by atoms with Gasteiger partial charge in [0, 0.05) is 17.6 Å². The normalized spacial score (nSPS) is 14.1. The minimum atomic E-state index is -4.66. The van der Waals surface area contributed by atoms with Gasteiger partial charge in [0.2, 0.25) is 0 Å². The highest BCUT2D eigenvalue weighted by Gasteiger charge is 2.35. The SMILES string of the molecule is CC(C)N[C@H](C)c1cccc(C(F)(F)F)c1F. The third-order valence-corrected chi connectivity index (χ3v) is 2.38. The van der Waals surface area contributed by atoms with E-state index in [1.165, 1.54) is 12.1 Å². The molecule has 96 valence electrons. The van der Waals surface area contributed by atoms with Gasteiger partial charge in [-0.1, -0.05) is 26.0 Å². The van der Waals surface area contributed by atoms with Crippen LogP contribution in [0.5, 0.6) is 0 Å². The first-order valence-electron chi connectivity index (χ1n) is 5.35. The van der Waals surface area contributed by atoms with E-state index in [1.807, 2.05) is 13.8 Å². The minimum absolute atomic E-state index is 0.0357. The number of benzene rings is 1. The van der Waals surface area contributed by atoms with Gasteiger partial charge in [-0.15, -0.1) is 0 Å². The molecular weight excluding hydrogens is 234 g/mol. The second-order valence-electron chi connectivity index (χ2n) is 4.25. The fraction of sp³-hybridized carbons (Fsp3) is 0.500. The van der Waals surface area contributed by atoms with Gasteiger partial charge in [-0.2, -0.15) is 13.2 Å². The lowest BCUT2D eigenvalue weighted by Gasteiger charge is -2.19. The second kappa shape index (κ2) is 5.04. The first-order chi connectivity index (χ1) is 7.73. The Morgan fingerprint density at radius 3 is 2.18 bits per heavy atom. The lowest BCUT2D eigenvalue weighted by molar-refractivity contribution is -0.140. The maximum Gasteiger partial charge on any atom is 0.419 e. The average Bonchev–Trinajstić information content (AvgIpc) is 2.14. The van der Waals surface area contributed by atoms with Crippen molar-refractivity contribution in [3.05, 3.63) is 35.1 Å². The van der Waals surface area contributed by atoms with E-state index < -0.39 is 23.6 Å². The van der Waals surface area contributed by atoms with E-state index in [1.54, 1.807) is 6.92 Å². The van der Waals surface area contributed by atoms with Crippen LogP contribution in [0.15, 0.2) is 18.2 Å². The standard InChI is InChI=1S/C12H15F4N/c1-7(2)17-8(3)9-5-4-6-10(11(9)13)12(14,15)16/h4-8,17H,1-3H3/t8-/m1/s1. The monoisotopic (exact) mass is 249 g/mol.